The topological polar surface area (TPSA) is 43.8 Å². The van der Waals surface area contributed by atoms with Crippen LogP contribution in [0.3, 0.4) is 0 Å². The van der Waals surface area contributed by atoms with Crippen LogP contribution in [0, 0.1) is 0 Å². The van der Waals surface area contributed by atoms with Gasteiger partial charge < -0.3 is 5.73 Å². The Morgan fingerprint density at radius 3 is 2.33 bits per heavy atom. The van der Waals surface area contributed by atoms with Crippen LogP contribution in [-0.4, -0.2) is 9.78 Å². The summed E-state index contributed by atoms with van der Waals surface area (Å²) in [7, 11) is 0. The second kappa shape index (κ2) is 4.84. The number of anilines is 1. The van der Waals surface area contributed by atoms with Gasteiger partial charge in [0.15, 0.2) is 0 Å². The third-order valence-electron chi connectivity index (χ3n) is 4.01. The predicted octanol–water partition coefficient (Wildman–Crippen LogP) is 3.36. The van der Waals surface area contributed by atoms with Gasteiger partial charge in [-0.3, -0.25) is 0 Å². The highest BCUT2D eigenvalue weighted by atomic mass is 15.3. The average Bonchev–Trinajstić information content (AvgIpc) is 2.86. The van der Waals surface area contributed by atoms with Gasteiger partial charge in [0.2, 0.25) is 0 Å². The van der Waals surface area contributed by atoms with Crippen molar-refractivity contribution < 1.29 is 0 Å². The van der Waals surface area contributed by atoms with Crippen LogP contribution >= 0.6 is 0 Å². The first kappa shape index (κ1) is 11.3. The summed E-state index contributed by atoms with van der Waals surface area (Å²) >= 11 is 0. The molecule has 3 rings (SSSR count). The molecule has 0 radical (unpaired) electrons. The predicted molar refractivity (Wildman–Crippen MR) is 73.3 cm³/mol. The summed E-state index contributed by atoms with van der Waals surface area (Å²) in [5.74, 6) is 1.50. The summed E-state index contributed by atoms with van der Waals surface area (Å²) in [6.07, 6.45) is 6.59. The van der Waals surface area contributed by atoms with E-state index in [-0.39, 0.29) is 0 Å². The number of benzene rings is 1. The lowest BCUT2D eigenvalue weighted by molar-refractivity contribution is 0.307. The zero-order valence-electron chi connectivity index (χ0n) is 10.5. The van der Waals surface area contributed by atoms with Crippen molar-refractivity contribution in [2.24, 2.45) is 0 Å². The van der Waals surface area contributed by atoms with Crippen molar-refractivity contribution in [3.05, 3.63) is 48.2 Å². The highest BCUT2D eigenvalue weighted by molar-refractivity contribution is 5.27. The number of nitrogens with zero attached hydrogens (tertiary/aromatic N) is 2. The molecule has 0 amide bonds. The molecule has 1 aromatic carbocycles. The van der Waals surface area contributed by atoms with E-state index in [2.05, 4.69) is 35.4 Å². The molecule has 1 saturated carbocycles. The molecule has 0 spiro atoms. The molecule has 1 fully saturated rings. The summed E-state index contributed by atoms with van der Waals surface area (Å²) in [4.78, 5) is 0. The monoisotopic (exact) mass is 241 g/mol. The van der Waals surface area contributed by atoms with E-state index in [1.165, 1.54) is 31.2 Å². The minimum Gasteiger partial charge on any atom is -0.384 e. The Hall–Kier alpha value is -1.77. The number of hydrogen-bond donors (Lipinski definition) is 1. The van der Waals surface area contributed by atoms with Crippen LogP contribution in [-0.2, 0) is 0 Å². The Labute approximate surface area is 108 Å². The van der Waals surface area contributed by atoms with E-state index in [1.54, 1.807) is 6.20 Å². The Morgan fingerprint density at radius 2 is 1.72 bits per heavy atom. The maximum absolute atomic E-state index is 5.92. The molecule has 0 aliphatic heterocycles. The highest BCUT2D eigenvalue weighted by Crippen LogP contribution is 2.38. The fourth-order valence-electron chi connectivity index (χ4n) is 3.01. The number of hydrogen-bond acceptors (Lipinski definition) is 2. The van der Waals surface area contributed by atoms with Crippen LogP contribution in [0.2, 0.25) is 0 Å². The Morgan fingerprint density at radius 1 is 1.00 bits per heavy atom. The average molecular weight is 241 g/mol. The molecular formula is C15H19N3. The maximum Gasteiger partial charge on any atom is 0.121 e. The van der Waals surface area contributed by atoms with Crippen LogP contribution in [0.1, 0.15) is 43.2 Å². The molecule has 2 aromatic rings. The molecule has 1 aromatic heterocycles. The number of nitrogens with two attached hydrogens (primary N) is 1. The lowest BCUT2D eigenvalue weighted by Crippen LogP contribution is -2.19. The molecule has 0 atom stereocenters. The highest BCUT2D eigenvalue weighted by Gasteiger charge is 2.24. The van der Waals surface area contributed by atoms with Gasteiger partial charge in [-0.05, 0) is 43.2 Å². The largest absolute Gasteiger partial charge is 0.384 e. The third kappa shape index (κ3) is 2.13. The molecule has 1 heterocycles. The van der Waals surface area contributed by atoms with Crippen molar-refractivity contribution in [2.45, 2.75) is 37.6 Å². The lowest BCUT2D eigenvalue weighted by Gasteiger charge is -2.29. The Balaban J connectivity index is 1.67. The zero-order valence-corrected chi connectivity index (χ0v) is 10.5. The molecule has 3 nitrogen and oxygen atoms in total. The summed E-state index contributed by atoms with van der Waals surface area (Å²) in [6, 6.07) is 13.2. The van der Waals surface area contributed by atoms with Crippen molar-refractivity contribution >= 4 is 5.82 Å². The Bertz CT molecular complexity index is 495. The molecule has 94 valence electrons. The van der Waals surface area contributed by atoms with Crippen molar-refractivity contribution in [2.75, 3.05) is 5.73 Å². The summed E-state index contributed by atoms with van der Waals surface area (Å²) in [5.41, 5.74) is 7.39. The van der Waals surface area contributed by atoms with Gasteiger partial charge in [0.1, 0.15) is 5.82 Å². The summed E-state index contributed by atoms with van der Waals surface area (Å²) in [5, 5.41) is 4.33. The van der Waals surface area contributed by atoms with E-state index in [4.69, 9.17) is 5.73 Å². The molecular weight excluding hydrogens is 222 g/mol. The van der Waals surface area contributed by atoms with E-state index in [0.29, 0.717) is 12.0 Å². The molecule has 0 unspecified atom stereocenters. The van der Waals surface area contributed by atoms with Gasteiger partial charge in [-0.1, -0.05) is 30.3 Å². The van der Waals surface area contributed by atoms with Crippen LogP contribution in [0.5, 0.6) is 0 Å². The van der Waals surface area contributed by atoms with E-state index in [9.17, 15) is 0 Å². The third-order valence-corrected chi connectivity index (χ3v) is 4.01. The first-order valence-corrected chi connectivity index (χ1v) is 6.68. The molecule has 0 bridgehead atoms. The van der Waals surface area contributed by atoms with Gasteiger partial charge in [-0.2, -0.15) is 5.10 Å². The second-order valence-electron chi connectivity index (χ2n) is 5.12. The van der Waals surface area contributed by atoms with Crippen LogP contribution in [0.25, 0.3) is 0 Å². The smallest absolute Gasteiger partial charge is 0.121 e. The normalized spacial score (nSPS) is 24.0. The number of rotatable bonds is 2. The fraction of sp³-hybridized carbons (Fsp3) is 0.400. The van der Waals surface area contributed by atoms with Crippen LogP contribution in [0.4, 0.5) is 5.82 Å². The summed E-state index contributed by atoms with van der Waals surface area (Å²) in [6.45, 7) is 0. The van der Waals surface area contributed by atoms with Crippen molar-refractivity contribution in [1.82, 2.24) is 9.78 Å². The van der Waals surface area contributed by atoms with E-state index >= 15 is 0 Å². The number of nitrogen functional groups attached to an aromatic ring is 1. The van der Waals surface area contributed by atoms with E-state index in [0.717, 1.165) is 5.82 Å². The van der Waals surface area contributed by atoms with E-state index in [1.807, 2.05) is 10.7 Å². The van der Waals surface area contributed by atoms with Gasteiger partial charge in [-0.25, -0.2) is 4.68 Å². The second-order valence-corrected chi connectivity index (χ2v) is 5.12. The van der Waals surface area contributed by atoms with Crippen molar-refractivity contribution in [3.8, 4) is 0 Å². The standard InChI is InChI=1S/C15H19N3/c16-15-10-11-17-18(15)14-8-6-13(7-9-14)12-4-2-1-3-5-12/h1-5,10-11,13-14H,6-9,16H2. The fourth-order valence-corrected chi connectivity index (χ4v) is 3.01. The zero-order chi connectivity index (χ0) is 12.4. The SMILES string of the molecule is Nc1ccnn1C1CCC(c2ccccc2)CC1. The molecule has 0 saturated heterocycles. The van der Waals surface area contributed by atoms with E-state index < -0.39 is 0 Å². The first-order chi connectivity index (χ1) is 8.84. The lowest BCUT2D eigenvalue weighted by atomic mass is 9.82. The molecule has 1 aliphatic rings. The van der Waals surface area contributed by atoms with Gasteiger partial charge in [0.05, 0.1) is 12.2 Å². The maximum atomic E-state index is 5.92. The molecule has 2 N–H and O–H groups in total. The van der Waals surface area contributed by atoms with Gasteiger partial charge >= 0.3 is 0 Å². The molecule has 18 heavy (non-hydrogen) atoms. The quantitative estimate of drug-likeness (QED) is 0.876. The number of aromatic nitrogens is 2. The van der Waals surface area contributed by atoms with Gasteiger partial charge in [0.25, 0.3) is 0 Å². The van der Waals surface area contributed by atoms with Crippen LogP contribution < -0.4 is 5.73 Å². The van der Waals surface area contributed by atoms with Gasteiger partial charge in [-0.15, -0.1) is 0 Å². The molecule has 1 aliphatic carbocycles. The Kier molecular flexibility index (Phi) is 3.05. The van der Waals surface area contributed by atoms with Crippen molar-refractivity contribution in [1.29, 1.82) is 0 Å². The summed E-state index contributed by atoms with van der Waals surface area (Å²) < 4.78 is 1.99. The van der Waals surface area contributed by atoms with Gasteiger partial charge in [0, 0.05) is 0 Å². The minimum atomic E-state index is 0.486. The first-order valence-electron chi connectivity index (χ1n) is 6.68. The molecule has 3 heteroatoms. The minimum absolute atomic E-state index is 0.486. The van der Waals surface area contributed by atoms with Crippen molar-refractivity contribution in [3.63, 3.8) is 0 Å². The van der Waals surface area contributed by atoms with Crippen LogP contribution in [0.15, 0.2) is 42.6 Å².